The second kappa shape index (κ2) is 10.3. The Balaban J connectivity index is 1.83. The number of ether oxygens (including phenoxy) is 1. The fraction of sp³-hybridized carbons (Fsp3) is 0.292. The molecule has 7 heteroatoms. The summed E-state index contributed by atoms with van der Waals surface area (Å²) in [6.07, 6.45) is 0.0685. The van der Waals surface area contributed by atoms with E-state index < -0.39 is 11.9 Å². The van der Waals surface area contributed by atoms with Crippen LogP contribution in [0.1, 0.15) is 37.3 Å². The normalized spacial score (nSPS) is 16.3. The molecule has 6 nitrogen and oxygen atoms in total. The van der Waals surface area contributed by atoms with Crippen LogP contribution in [0.15, 0.2) is 65.9 Å². The highest BCUT2D eigenvalue weighted by atomic mass is 35.5. The summed E-state index contributed by atoms with van der Waals surface area (Å²) < 4.78 is 5.26. The molecular formula is C24H25ClN2O4. The molecule has 2 aromatic carbocycles. The number of amides is 2. The summed E-state index contributed by atoms with van der Waals surface area (Å²) in [5.41, 5.74) is 2.58. The summed E-state index contributed by atoms with van der Waals surface area (Å²) in [4.78, 5) is 39.6. The smallest absolute Gasteiger partial charge is 0.336 e. The highest BCUT2D eigenvalue weighted by Gasteiger charge is 2.37. The average molecular weight is 441 g/mol. The van der Waals surface area contributed by atoms with Crippen LogP contribution in [0.2, 0.25) is 5.02 Å². The van der Waals surface area contributed by atoms with Gasteiger partial charge in [0, 0.05) is 29.6 Å². The number of hydrogen-bond acceptors (Lipinski definition) is 4. The Morgan fingerprint density at radius 2 is 1.81 bits per heavy atom. The Bertz CT molecular complexity index is 986. The van der Waals surface area contributed by atoms with Crippen LogP contribution in [0, 0.1) is 0 Å². The molecule has 0 saturated carbocycles. The molecule has 1 heterocycles. The van der Waals surface area contributed by atoms with Gasteiger partial charge in [-0.3, -0.25) is 9.59 Å². The van der Waals surface area contributed by atoms with E-state index in [1.807, 2.05) is 30.3 Å². The van der Waals surface area contributed by atoms with Crippen molar-refractivity contribution >= 4 is 29.4 Å². The van der Waals surface area contributed by atoms with Gasteiger partial charge < -0.3 is 15.0 Å². The average Bonchev–Trinajstić information content (AvgIpc) is 2.76. The van der Waals surface area contributed by atoms with Gasteiger partial charge in [0.1, 0.15) is 6.54 Å². The van der Waals surface area contributed by atoms with Crippen LogP contribution in [0.4, 0.5) is 0 Å². The topological polar surface area (TPSA) is 75.7 Å². The van der Waals surface area contributed by atoms with Gasteiger partial charge in [0.05, 0.1) is 12.2 Å². The molecule has 1 aliphatic heterocycles. The van der Waals surface area contributed by atoms with Crippen molar-refractivity contribution in [2.45, 2.75) is 32.7 Å². The predicted molar refractivity (Wildman–Crippen MR) is 118 cm³/mol. The van der Waals surface area contributed by atoms with E-state index in [1.165, 1.54) is 4.90 Å². The van der Waals surface area contributed by atoms with E-state index in [1.54, 1.807) is 38.1 Å². The minimum atomic E-state index is -0.484. The van der Waals surface area contributed by atoms with Gasteiger partial charge in [-0.2, -0.15) is 0 Å². The Labute approximate surface area is 186 Å². The second-order valence-electron chi connectivity index (χ2n) is 7.27. The van der Waals surface area contributed by atoms with Crippen molar-refractivity contribution in [1.82, 2.24) is 10.2 Å². The maximum atomic E-state index is 12.9. The van der Waals surface area contributed by atoms with E-state index in [4.69, 9.17) is 16.3 Å². The summed E-state index contributed by atoms with van der Waals surface area (Å²) in [5.74, 6) is -1.46. The van der Waals surface area contributed by atoms with E-state index in [0.717, 1.165) is 11.1 Å². The number of benzene rings is 2. The van der Waals surface area contributed by atoms with Gasteiger partial charge in [-0.05, 0) is 37.1 Å². The number of rotatable bonds is 7. The first-order valence-corrected chi connectivity index (χ1v) is 10.5. The van der Waals surface area contributed by atoms with Gasteiger partial charge in [-0.25, -0.2) is 4.79 Å². The van der Waals surface area contributed by atoms with Crippen LogP contribution in [0.3, 0.4) is 0 Å². The summed E-state index contributed by atoms with van der Waals surface area (Å²) in [6, 6.07) is 16.6. The highest BCUT2D eigenvalue weighted by Crippen LogP contribution is 2.37. The molecule has 0 saturated heterocycles. The van der Waals surface area contributed by atoms with Gasteiger partial charge >= 0.3 is 5.97 Å². The number of allylic oxidation sites excluding steroid dienone is 1. The predicted octanol–water partition coefficient (Wildman–Crippen LogP) is 3.81. The number of carbonyl (C=O) groups is 3. The van der Waals surface area contributed by atoms with E-state index >= 15 is 0 Å². The summed E-state index contributed by atoms with van der Waals surface area (Å²) >= 11 is 5.99. The number of esters is 1. The van der Waals surface area contributed by atoms with Crippen molar-refractivity contribution in [3.8, 4) is 0 Å². The zero-order valence-corrected chi connectivity index (χ0v) is 18.3. The molecule has 0 fully saturated rings. The zero-order valence-electron chi connectivity index (χ0n) is 17.6. The molecule has 2 amide bonds. The lowest BCUT2D eigenvalue weighted by atomic mass is 9.83. The van der Waals surface area contributed by atoms with E-state index in [0.29, 0.717) is 22.8 Å². The molecule has 1 atom stereocenters. The third-order valence-electron chi connectivity index (χ3n) is 5.22. The summed E-state index contributed by atoms with van der Waals surface area (Å²) in [6.45, 7) is 3.83. The summed E-state index contributed by atoms with van der Waals surface area (Å²) in [7, 11) is 0. The molecule has 1 unspecified atom stereocenters. The van der Waals surface area contributed by atoms with E-state index in [9.17, 15) is 14.4 Å². The Hall–Kier alpha value is -3.12. The highest BCUT2D eigenvalue weighted by molar-refractivity contribution is 6.30. The molecule has 1 N–H and O–H groups in total. The van der Waals surface area contributed by atoms with Crippen LogP contribution in [0.25, 0.3) is 0 Å². The van der Waals surface area contributed by atoms with Gasteiger partial charge in [0.15, 0.2) is 0 Å². The van der Waals surface area contributed by atoms with Crippen molar-refractivity contribution in [3.05, 3.63) is 82.0 Å². The Morgan fingerprint density at radius 3 is 2.45 bits per heavy atom. The van der Waals surface area contributed by atoms with Gasteiger partial charge in [-0.15, -0.1) is 0 Å². The molecule has 31 heavy (non-hydrogen) atoms. The molecule has 3 rings (SSSR count). The lowest BCUT2D eigenvalue weighted by Crippen LogP contribution is -2.44. The number of hydrogen-bond donors (Lipinski definition) is 1. The van der Waals surface area contributed by atoms with Crippen molar-refractivity contribution in [2.24, 2.45) is 0 Å². The third-order valence-corrected chi connectivity index (χ3v) is 5.48. The van der Waals surface area contributed by atoms with Crippen LogP contribution >= 0.6 is 11.6 Å². The molecule has 1 aliphatic rings. The van der Waals surface area contributed by atoms with Crippen LogP contribution in [-0.4, -0.2) is 35.8 Å². The first-order chi connectivity index (χ1) is 14.9. The number of carbonyl (C=O) groups excluding carboxylic acids is 3. The van der Waals surface area contributed by atoms with Crippen LogP contribution < -0.4 is 5.32 Å². The maximum absolute atomic E-state index is 12.9. The minimum Gasteiger partial charge on any atom is -0.463 e. The molecule has 162 valence electrons. The van der Waals surface area contributed by atoms with Crippen molar-refractivity contribution in [1.29, 1.82) is 0 Å². The number of nitrogens with one attached hydrogen (secondary N) is 1. The monoisotopic (exact) mass is 440 g/mol. The van der Waals surface area contributed by atoms with E-state index in [-0.39, 0.29) is 31.4 Å². The fourth-order valence-electron chi connectivity index (χ4n) is 3.65. The van der Waals surface area contributed by atoms with Crippen molar-refractivity contribution in [2.75, 3.05) is 13.2 Å². The fourth-order valence-corrected chi connectivity index (χ4v) is 3.78. The quantitative estimate of drug-likeness (QED) is 0.664. The largest absolute Gasteiger partial charge is 0.463 e. The minimum absolute atomic E-state index is 0.0685. The van der Waals surface area contributed by atoms with Gasteiger partial charge in [0.25, 0.3) is 0 Å². The van der Waals surface area contributed by atoms with Gasteiger partial charge in [-0.1, -0.05) is 54.1 Å². The third kappa shape index (κ3) is 5.52. The first kappa shape index (κ1) is 22.6. The van der Waals surface area contributed by atoms with Crippen molar-refractivity contribution in [3.63, 3.8) is 0 Å². The van der Waals surface area contributed by atoms with Crippen LogP contribution in [0.5, 0.6) is 0 Å². The molecule has 0 aromatic heterocycles. The van der Waals surface area contributed by atoms with Crippen molar-refractivity contribution < 1.29 is 19.1 Å². The Morgan fingerprint density at radius 1 is 1.13 bits per heavy atom. The molecule has 0 aliphatic carbocycles. The lowest BCUT2D eigenvalue weighted by Gasteiger charge is -2.34. The number of halogens is 1. The Kier molecular flexibility index (Phi) is 7.47. The molecule has 0 radical (unpaired) electrons. The number of nitrogens with zero attached hydrogens (tertiary/aromatic N) is 1. The molecule has 0 spiro atoms. The van der Waals surface area contributed by atoms with Gasteiger partial charge in [0.2, 0.25) is 11.8 Å². The first-order valence-electron chi connectivity index (χ1n) is 10.1. The summed E-state index contributed by atoms with van der Waals surface area (Å²) in [5, 5.41) is 3.39. The lowest BCUT2D eigenvalue weighted by molar-refractivity contribution is -0.141. The maximum Gasteiger partial charge on any atom is 0.336 e. The SMILES string of the molecule is CCOC(=O)C1=C(C)N(CC(=O)NCc2ccccc2)C(=O)CC1c1ccc(Cl)cc1. The second-order valence-corrected chi connectivity index (χ2v) is 7.71. The van der Waals surface area contributed by atoms with E-state index in [2.05, 4.69) is 5.32 Å². The standard InChI is InChI=1S/C24H25ClN2O4/c1-3-31-24(30)23-16(2)27(15-21(28)26-14-17-7-5-4-6-8-17)22(29)13-20(23)18-9-11-19(25)12-10-18/h4-12,20H,3,13-15H2,1-2H3,(H,26,28). The molecule has 0 bridgehead atoms. The molecule has 2 aromatic rings. The van der Waals surface area contributed by atoms with Crippen LogP contribution in [-0.2, 0) is 25.7 Å². The molecular weight excluding hydrogens is 416 g/mol. The zero-order chi connectivity index (χ0) is 22.4.